The van der Waals surface area contributed by atoms with E-state index < -0.39 is 23.8 Å². The van der Waals surface area contributed by atoms with Gasteiger partial charge in [-0.25, -0.2) is 9.79 Å². The van der Waals surface area contributed by atoms with E-state index in [1.165, 1.54) is 7.11 Å². The lowest BCUT2D eigenvalue weighted by molar-refractivity contribution is -0.146. The standard InChI is InChI=1S/C20H19N3O4/c1-4-9-27-20(25)16-12(2)23-15(11-22)18(19(24)26-3)17(16)14-8-6-5-7-13(14)10-21/h5-8,16-17H,4,9H2,1-3H3. The second-order valence-electron chi connectivity index (χ2n) is 5.94. The maximum Gasteiger partial charge on any atom is 0.337 e. The third-order valence-corrected chi connectivity index (χ3v) is 4.27. The zero-order valence-corrected chi connectivity index (χ0v) is 15.4. The molecule has 27 heavy (non-hydrogen) atoms. The Morgan fingerprint density at radius 3 is 2.52 bits per heavy atom. The number of carbonyl (C=O) groups is 2. The number of methoxy groups -OCH3 is 1. The second kappa shape index (κ2) is 8.77. The van der Waals surface area contributed by atoms with E-state index in [9.17, 15) is 20.1 Å². The van der Waals surface area contributed by atoms with Gasteiger partial charge in [0, 0.05) is 11.6 Å². The quantitative estimate of drug-likeness (QED) is 0.741. The summed E-state index contributed by atoms with van der Waals surface area (Å²) in [6.07, 6.45) is 0.636. The van der Waals surface area contributed by atoms with E-state index >= 15 is 0 Å². The molecule has 138 valence electrons. The number of hydrogen-bond acceptors (Lipinski definition) is 7. The number of allylic oxidation sites excluding steroid dienone is 1. The minimum atomic E-state index is -0.933. The first-order chi connectivity index (χ1) is 13.0. The molecule has 2 unspecified atom stereocenters. The fraction of sp³-hybridized carbons (Fsp3) is 0.350. The number of rotatable bonds is 5. The minimum absolute atomic E-state index is 0.0493. The molecule has 2 atom stereocenters. The Kier molecular flexibility index (Phi) is 6.46. The normalized spacial score (nSPS) is 18.8. The molecule has 0 saturated heterocycles. The van der Waals surface area contributed by atoms with Crippen LogP contribution in [-0.4, -0.2) is 31.4 Å². The number of nitrogens with zero attached hydrogens (tertiary/aromatic N) is 3. The van der Waals surface area contributed by atoms with Crippen molar-refractivity contribution in [3.63, 3.8) is 0 Å². The molecular formula is C20H19N3O4. The summed E-state index contributed by atoms with van der Waals surface area (Å²) in [5, 5.41) is 19.0. The molecule has 0 radical (unpaired) electrons. The fourth-order valence-electron chi connectivity index (χ4n) is 3.08. The average molecular weight is 365 g/mol. The third-order valence-electron chi connectivity index (χ3n) is 4.27. The molecule has 0 spiro atoms. The largest absolute Gasteiger partial charge is 0.466 e. The minimum Gasteiger partial charge on any atom is -0.466 e. The maximum atomic E-state index is 12.8. The Morgan fingerprint density at radius 2 is 1.93 bits per heavy atom. The van der Waals surface area contributed by atoms with Gasteiger partial charge in [0.15, 0.2) is 5.70 Å². The Hall–Kier alpha value is -3.45. The summed E-state index contributed by atoms with van der Waals surface area (Å²) in [6.45, 7) is 3.69. The molecule has 1 aliphatic rings. The van der Waals surface area contributed by atoms with Crippen LogP contribution in [0.1, 0.15) is 37.3 Å². The lowest BCUT2D eigenvalue weighted by atomic mass is 9.74. The Morgan fingerprint density at radius 1 is 1.22 bits per heavy atom. The van der Waals surface area contributed by atoms with Crippen LogP contribution in [0.4, 0.5) is 0 Å². The fourth-order valence-corrected chi connectivity index (χ4v) is 3.08. The van der Waals surface area contributed by atoms with Crippen molar-refractivity contribution in [3.05, 3.63) is 46.7 Å². The van der Waals surface area contributed by atoms with Gasteiger partial charge in [0.2, 0.25) is 0 Å². The van der Waals surface area contributed by atoms with Gasteiger partial charge in [-0.2, -0.15) is 10.5 Å². The van der Waals surface area contributed by atoms with Gasteiger partial charge in [-0.3, -0.25) is 4.79 Å². The van der Waals surface area contributed by atoms with Crippen molar-refractivity contribution in [1.82, 2.24) is 0 Å². The topological polar surface area (TPSA) is 113 Å². The van der Waals surface area contributed by atoms with Gasteiger partial charge in [0.25, 0.3) is 0 Å². The van der Waals surface area contributed by atoms with Crippen LogP contribution >= 0.6 is 0 Å². The highest BCUT2D eigenvalue weighted by Gasteiger charge is 2.44. The Bertz CT molecular complexity index is 903. The van der Waals surface area contributed by atoms with E-state index in [-0.39, 0.29) is 17.9 Å². The van der Waals surface area contributed by atoms with Gasteiger partial charge >= 0.3 is 11.9 Å². The summed E-state index contributed by atoms with van der Waals surface area (Å²) in [7, 11) is 1.19. The molecule has 2 rings (SSSR count). The van der Waals surface area contributed by atoms with Crippen LogP contribution in [0.15, 0.2) is 40.5 Å². The summed E-state index contributed by atoms with van der Waals surface area (Å²) in [4.78, 5) is 29.4. The first-order valence-electron chi connectivity index (χ1n) is 8.43. The Labute approximate surface area is 157 Å². The number of benzene rings is 1. The number of aliphatic imine (C=N–C) groups is 1. The Balaban J connectivity index is 2.74. The number of esters is 2. The summed E-state index contributed by atoms with van der Waals surface area (Å²) in [6, 6.07) is 10.6. The van der Waals surface area contributed by atoms with E-state index in [1.807, 2.05) is 13.0 Å². The molecule has 0 bridgehead atoms. The summed E-state index contributed by atoms with van der Waals surface area (Å²) in [5.74, 6) is -3.16. The first-order valence-corrected chi connectivity index (χ1v) is 8.43. The lowest BCUT2D eigenvalue weighted by Crippen LogP contribution is -2.37. The van der Waals surface area contributed by atoms with E-state index in [2.05, 4.69) is 11.1 Å². The van der Waals surface area contributed by atoms with Crippen molar-refractivity contribution >= 4 is 17.7 Å². The number of carbonyl (C=O) groups excluding carboxylic acids is 2. The first kappa shape index (κ1) is 19.9. The van der Waals surface area contributed by atoms with Gasteiger partial charge in [-0.1, -0.05) is 25.1 Å². The maximum absolute atomic E-state index is 12.8. The molecule has 1 aliphatic heterocycles. The molecule has 0 N–H and O–H groups in total. The zero-order valence-electron chi connectivity index (χ0n) is 15.4. The molecule has 7 nitrogen and oxygen atoms in total. The van der Waals surface area contributed by atoms with Gasteiger partial charge in [-0.15, -0.1) is 0 Å². The molecule has 1 aromatic rings. The molecule has 0 aliphatic carbocycles. The third kappa shape index (κ3) is 3.88. The summed E-state index contributed by atoms with van der Waals surface area (Å²) < 4.78 is 10.1. The van der Waals surface area contributed by atoms with Crippen molar-refractivity contribution < 1.29 is 19.1 Å². The molecule has 7 heteroatoms. The van der Waals surface area contributed by atoms with Crippen LogP contribution in [0.3, 0.4) is 0 Å². The van der Waals surface area contributed by atoms with Crippen molar-refractivity contribution in [2.45, 2.75) is 26.2 Å². The lowest BCUT2D eigenvalue weighted by Gasteiger charge is -2.31. The van der Waals surface area contributed by atoms with Crippen molar-refractivity contribution in [2.24, 2.45) is 10.9 Å². The molecule has 0 fully saturated rings. The number of hydrogen-bond donors (Lipinski definition) is 0. The van der Waals surface area contributed by atoms with E-state index in [1.54, 1.807) is 31.2 Å². The highest BCUT2D eigenvalue weighted by atomic mass is 16.5. The molecule has 0 amide bonds. The summed E-state index contributed by atoms with van der Waals surface area (Å²) >= 11 is 0. The molecular weight excluding hydrogens is 346 g/mol. The zero-order chi connectivity index (χ0) is 20.0. The van der Waals surface area contributed by atoms with Gasteiger partial charge in [-0.05, 0) is 25.0 Å². The second-order valence-corrected chi connectivity index (χ2v) is 5.94. The number of ether oxygens (including phenoxy) is 2. The van der Waals surface area contributed by atoms with Gasteiger partial charge in [0.05, 0.1) is 30.9 Å². The van der Waals surface area contributed by atoms with Crippen LogP contribution in [0.5, 0.6) is 0 Å². The van der Waals surface area contributed by atoms with Gasteiger partial charge in [0.1, 0.15) is 12.0 Å². The van der Waals surface area contributed by atoms with Crippen LogP contribution in [-0.2, 0) is 19.1 Å². The average Bonchev–Trinajstić information content (AvgIpc) is 2.70. The predicted molar refractivity (Wildman–Crippen MR) is 96.4 cm³/mol. The van der Waals surface area contributed by atoms with E-state index in [4.69, 9.17) is 9.47 Å². The van der Waals surface area contributed by atoms with Crippen LogP contribution in [0.25, 0.3) is 0 Å². The van der Waals surface area contributed by atoms with Crippen molar-refractivity contribution in [1.29, 1.82) is 10.5 Å². The number of nitriles is 2. The molecule has 0 saturated carbocycles. The highest BCUT2D eigenvalue weighted by molar-refractivity contribution is 6.07. The van der Waals surface area contributed by atoms with Crippen LogP contribution in [0.2, 0.25) is 0 Å². The van der Waals surface area contributed by atoms with E-state index in [0.29, 0.717) is 23.3 Å². The van der Waals surface area contributed by atoms with Crippen molar-refractivity contribution in [3.8, 4) is 12.1 Å². The SMILES string of the molecule is CCCOC(=O)C1C(C)=NC(C#N)=C(C(=O)OC)C1c1ccccc1C#N. The molecule has 1 aromatic carbocycles. The smallest absolute Gasteiger partial charge is 0.337 e. The van der Waals surface area contributed by atoms with Crippen molar-refractivity contribution in [2.75, 3.05) is 13.7 Å². The van der Waals surface area contributed by atoms with Crippen LogP contribution in [0, 0.1) is 28.6 Å². The predicted octanol–water partition coefficient (Wildman–Crippen LogP) is 2.64. The van der Waals surface area contributed by atoms with Crippen LogP contribution < -0.4 is 0 Å². The highest BCUT2D eigenvalue weighted by Crippen LogP contribution is 2.41. The molecule has 0 aromatic heterocycles. The summed E-state index contributed by atoms with van der Waals surface area (Å²) in [5.41, 5.74) is 0.909. The van der Waals surface area contributed by atoms with E-state index in [0.717, 1.165) is 0 Å². The van der Waals surface area contributed by atoms with Gasteiger partial charge < -0.3 is 9.47 Å². The monoisotopic (exact) mass is 365 g/mol. The molecule has 1 heterocycles.